The molecule has 0 aromatic heterocycles. The molecule has 4 aliphatic carbocycles. The molecule has 0 radical (unpaired) electrons. The SMILES string of the molecule is C#C[C@@]1(O)CC[C@H]2[C@@H]3CCC4=CCCC[C@H]4[C@@H]3CC[C@@]21C. The number of rotatable bonds is 0. The molecule has 0 unspecified atom stereocenters. The second-order valence-electron chi connectivity index (χ2n) is 8.29. The van der Waals surface area contributed by atoms with Crippen LogP contribution in [0.15, 0.2) is 11.6 Å². The maximum absolute atomic E-state index is 10.9. The van der Waals surface area contributed by atoms with Crippen molar-refractivity contribution in [3.8, 4) is 12.3 Å². The highest BCUT2D eigenvalue weighted by Gasteiger charge is 2.61. The Bertz CT molecular complexity index is 512. The Balaban J connectivity index is 1.66. The third-order valence-corrected chi connectivity index (χ3v) is 7.77. The monoisotopic (exact) mass is 284 g/mol. The number of terminal acetylenes is 1. The van der Waals surface area contributed by atoms with Gasteiger partial charge in [0.1, 0.15) is 5.60 Å². The summed E-state index contributed by atoms with van der Waals surface area (Å²) in [7, 11) is 0. The maximum atomic E-state index is 10.9. The summed E-state index contributed by atoms with van der Waals surface area (Å²) in [4.78, 5) is 0. The van der Waals surface area contributed by atoms with E-state index in [4.69, 9.17) is 6.42 Å². The summed E-state index contributed by atoms with van der Waals surface area (Å²) >= 11 is 0. The van der Waals surface area contributed by atoms with Crippen LogP contribution in [0.25, 0.3) is 0 Å². The lowest BCUT2D eigenvalue weighted by Crippen LogP contribution is -2.52. The first kappa shape index (κ1) is 13.9. The molecular weight excluding hydrogens is 256 g/mol. The average Bonchev–Trinajstić information content (AvgIpc) is 2.79. The summed E-state index contributed by atoms with van der Waals surface area (Å²) in [5, 5.41) is 10.9. The second-order valence-corrected chi connectivity index (χ2v) is 8.29. The van der Waals surface area contributed by atoms with Crippen molar-refractivity contribution in [2.45, 2.75) is 70.3 Å². The van der Waals surface area contributed by atoms with E-state index in [1.807, 2.05) is 0 Å². The van der Waals surface area contributed by atoms with E-state index in [1.165, 1.54) is 38.5 Å². The van der Waals surface area contributed by atoms with E-state index < -0.39 is 5.60 Å². The highest BCUT2D eigenvalue weighted by Crippen LogP contribution is 2.64. The fourth-order valence-electron chi connectivity index (χ4n) is 6.56. The summed E-state index contributed by atoms with van der Waals surface area (Å²) in [5.74, 6) is 5.98. The zero-order valence-corrected chi connectivity index (χ0v) is 13.3. The highest BCUT2D eigenvalue weighted by molar-refractivity contribution is 5.25. The first-order valence-corrected chi connectivity index (χ1v) is 8.98. The van der Waals surface area contributed by atoms with Crippen LogP contribution in [0.2, 0.25) is 0 Å². The van der Waals surface area contributed by atoms with Gasteiger partial charge in [-0.25, -0.2) is 0 Å². The molecule has 0 amide bonds. The van der Waals surface area contributed by atoms with Crippen LogP contribution >= 0.6 is 0 Å². The van der Waals surface area contributed by atoms with Crippen LogP contribution in [0.5, 0.6) is 0 Å². The molecule has 1 heteroatoms. The maximum Gasteiger partial charge on any atom is 0.130 e. The van der Waals surface area contributed by atoms with E-state index >= 15 is 0 Å². The van der Waals surface area contributed by atoms with E-state index in [9.17, 15) is 5.11 Å². The molecule has 0 spiro atoms. The molecule has 0 saturated heterocycles. The Morgan fingerprint density at radius 3 is 2.86 bits per heavy atom. The van der Waals surface area contributed by atoms with Gasteiger partial charge in [-0.15, -0.1) is 6.42 Å². The minimum Gasteiger partial charge on any atom is -0.377 e. The van der Waals surface area contributed by atoms with Gasteiger partial charge in [-0.05, 0) is 81.5 Å². The van der Waals surface area contributed by atoms with Crippen LogP contribution in [-0.4, -0.2) is 10.7 Å². The van der Waals surface area contributed by atoms with Crippen molar-refractivity contribution in [1.29, 1.82) is 0 Å². The van der Waals surface area contributed by atoms with Gasteiger partial charge in [0.15, 0.2) is 0 Å². The molecule has 21 heavy (non-hydrogen) atoms. The second kappa shape index (κ2) is 4.63. The van der Waals surface area contributed by atoms with Gasteiger partial charge in [0, 0.05) is 5.41 Å². The molecule has 3 fully saturated rings. The van der Waals surface area contributed by atoms with Gasteiger partial charge in [0.25, 0.3) is 0 Å². The Labute approximate surface area is 129 Å². The number of hydrogen-bond acceptors (Lipinski definition) is 1. The Hall–Kier alpha value is -0.740. The minimum atomic E-state index is -0.842. The Kier molecular flexibility index (Phi) is 3.06. The van der Waals surface area contributed by atoms with Gasteiger partial charge in [0.05, 0.1) is 0 Å². The van der Waals surface area contributed by atoms with Gasteiger partial charge in [-0.2, -0.15) is 0 Å². The fraction of sp³-hybridized carbons (Fsp3) is 0.800. The number of hydrogen-bond donors (Lipinski definition) is 1. The molecule has 4 rings (SSSR count). The van der Waals surface area contributed by atoms with Crippen LogP contribution in [0.1, 0.15) is 64.7 Å². The molecule has 3 saturated carbocycles. The first-order valence-electron chi connectivity index (χ1n) is 8.98. The van der Waals surface area contributed by atoms with Crippen molar-refractivity contribution in [3.63, 3.8) is 0 Å². The third-order valence-electron chi connectivity index (χ3n) is 7.77. The standard InChI is InChI=1S/C20H28O/c1-3-20(21)13-11-18-17-9-8-14-6-4-5-7-15(14)16(17)10-12-19(18,20)2/h1,6,15-18,21H,4-5,7-13H2,2H3/t15-,16+,17-,18+,19+,20-/m1/s1. The lowest BCUT2D eigenvalue weighted by Gasteiger charge is -2.54. The molecule has 0 aromatic rings. The van der Waals surface area contributed by atoms with Crippen molar-refractivity contribution in [3.05, 3.63) is 11.6 Å². The van der Waals surface area contributed by atoms with Crippen LogP contribution in [0.4, 0.5) is 0 Å². The van der Waals surface area contributed by atoms with Crippen molar-refractivity contribution >= 4 is 0 Å². The van der Waals surface area contributed by atoms with Gasteiger partial charge in [0.2, 0.25) is 0 Å². The molecular formula is C20H28O. The van der Waals surface area contributed by atoms with E-state index in [0.717, 1.165) is 37.0 Å². The van der Waals surface area contributed by atoms with Gasteiger partial charge in [-0.3, -0.25) is 0 Å². The Morgan fingerprint density at radius 2 is 2.05 bits per heavy atom. The third kappa shape index (κ3) is 1.75. The van der Waals surface area contributed by atoms with Crippen molar-refractivity contribution < 1.29 is 5.11 Å². The van der Waals surface area contributed by atoms with Gasteiger partial charge >= 0.3 is 0 Å². The summed E-state index contributed by atoms with van der Waals surface area (Å²) in [6, 6.07) is 0. The molecule has 6 atom stereocenters. The van der Waals surface area contributed by atoms with E-state index in [0.29, 0.717) is 5.92 Å². The van der Waals surface area contributed by atoms with Crippen LogP contribution < -0.4 is 0 Å². The summed E-state index contributed by atoms with van der Waals surface area (Å²) < 4.78 is 0. The molecule has 1 nitrogen and oxygen atoms in total. The number of fused-ring (bicyclic) bond motifs is 5. The normalized spacial score (nSPS) is 52.1. The van der Waals surface area contributed by atoms with E-state index in [1.54, 1.807) is 5.57 Å². The van der Waals surface area contributed by atoms with Crippen LogP contribution in [0.3, 0.4) is 0 Å². The van der Waals surface area contributed by atoms with Crippen molar-refractivity contribution in [2.75, 3.05) is 0 Å². The highest BCUT2D eigenvalue weighted by atomic mass is 16.3. The molecule has 0 aliphatic heterocycles. The summed E-state index contributed by atoms with van der Waals surface area (Å²) in [6.07, 6.45) is 19.4. The smallest absolute Gasteiger partial charge is 0.130 e. The van der Waals surface area contributed by atoms with Crippen molar-refractivity contribution in [1.82, 2.24) is 0 Å². The molecule has 4 aliphatic rings. The van der Waals surface area contributed by atoms with E-state index in [-0.39, 0.29) is 5.41 Å². The lowest BCUT2D eigenvalue weighted by atomic mass is 9.50. The number of allylic oxidation sites excluding steroid dienone is 2. The fourth-order valence-corrected chi connectivity index (χ4v) is 6.56. The van der Waals surface area contributed by atoms with Gasteiger partial charge in [-0.1, -0.05) is 24.5 Å². The molecule has 1 N–H and O–H groups in total. The number of aliphatic hydroxyl groups is 1. The predicted octanol–water partition coefficient (Wildman–Crippen LogP) is 4.31. The topological polar surface area (TPSA) is 20.2 Å². The summed E-state index contributed by atoms with van der Waals surface area (Å²) in [5.41, 5.74) is 0.903. The van der Waals surface area contributed by atoms with Gasteiger partial charge < -0.3 is 5.11 Å². The molecule has 0 heterocycles. The summed E-state index contributed by atoms with van der Waals surface area (Å²) in [6.45, 7) is 2.28. The largest absolute Gasteiger partial charge is 0.377 e. The first-order chi connectivity index (χ1) is 10.1. The lowest BCUT2D eigenvalue weighted by molar-refractivity contribution is -0.0857. The molecule has 0 aromatic carbocycles. The average molecular weight is 284 g/mol. The quantitative estimate of drug-likeness (QED) is 0.519. The van der Waals surface area contributed by atoms with Crippen molar-refractivity contribution in [2.24, 2.45) is 29.1 Å². The zero-order valence-electron chi connectivity index (χ0n) is 13.3. The van der Waals surface area contributed by atoms with Crippen LogP contribution in [0, 0.1) is 41.4 Å². The molecule has 114 valence electrons. The predicted molar refractivity (Wildman–Crippen MR) is 85.5 cm³/mol. The zero-order chi connectivity index (χ0) is 14.7. The Morgan fingerprint density at radius 1 is 1.19 bits per heavy atom. The minimum absolute atomic E-state index is 0.0290. The van der Waals surface area contributed by atoms with Crippen LogP contribution in [-0.2, 0) is 0 Å². The van der Waals surface area contributed by atoms with E-state index in [2.05, 4.69) is 18.9 Å². The molecule has 0 bridgehead atoms.